The second kappa shape index (κ2) is 15.7. The number of carbonyl (C=O) groups excluding carboxylic acids is 3. The van der Waals surface area contributed by atoms with Crippen molar-refractivity contribution in [3.63, 3.8) is 0 Å². The number of hydrogen-bond donors (Lipinski definition) is 6. The number of aromatic nitrogens is 1. The van der Waals surface area contributed by atoms with Crippen LogP contribution in [0.2, 0.25) is 0 Å². The molecule has 0 radical (unpaired) electrons. The van der Waals surface area contributed by atoms with Crippen molar-refractivity contribution in [1.29, 1.82) is 0 Å². The summed E-state index contributed by atoms with van der Waals surface area (Å²) in [5, 5.41) is 19.1. The first-order valence-corrected chi connectivity index (χ1v) is 15.2. The molecule has 3 amide bonds. The van der Waals surface area contributed by atoms with Crippen molar-refractivity contribution >= 4 is 34.6 Å². The SMILES string of the molecule is CCC(C)C(NC(=O)C(N)Cc1ccccc1)C(=O)NC(Cc1c[nH]c2ccccc12)C(=O)NC(Cc1ccccc1)C(=O)O. The second-order valence-corrected chi connectivity index (χ2v) is 11.4. The lowest BCUT2D eigenvalue weighted by Gasteiger charge is -2.28. The molecule has 45 heavy (non-hydrogen) atoms. The van der Waals surface area contributed by atoms with Crippen molar-refractivity contribution < 1.29 is 24.3 Å². The highest BCUT2D eigenvalue weighted by atomic mass is 16.4. The van der Waals surface area contributed by atoms with E-state index in [1.165, 1.54) is 0 Å². The number of fused-ring (bicyclic) bond motifs is 1. The maximum Gasteiger partial charge on any atom is 0.326 e. The predicted molar refractivity (Wildman–Crippen MR) is 173 cm³/mol. The third-order valence-corrected chi connectivity index (χ3v) is 8.06. The Morgan fingerprint density at radius 2 is 1.31 bits per heavy atom. The van der Waals surface area contributed by atoms with Crippen LogP contribution >= 0.6 is 0 Å². The Labute approximate surface area is 262 Å². The van der Waals surface area contributed by atoms with Crippen LogP contribution in [0.4, 0.5) is 0 Å². The topological polar surface area (TPSA) is 166 Å². The first-order valence-electron chi connectivity index (χ1n) is 15.2. The Bertz CT molecular complexity index is 1590. The van der Waals surface area contributed by atoms with Crippen LogP contribution in [-0.2, 0) is 38.4 Å². The molecule has 7 N–H and O–H groups in total. The van der Waals surface area contributed by atoms with Crippen LogP contribution < -0.4 is 21.7 Å². The molecule has 10 nitrogen and oxygen atoms in total. The van der Waals surface area contributed by atoms with Crippen molar-refractivity contribution in [2.24, 2.45) is 11.7 Å². The largest absolute Gasteiger partial charge is 0.480 e. The molecule has 1 aromatic heterocycles. The van der Waals surface area contributed by atoms with E-state index in [-0.39, 0.29) is 18.8 Å². The van der Waals surface area contributed by atoms with Crippen molar-refractivity contribution in [3.05, 3.63) is 108 Å². The minimum atomic E-state index is -1.22. The average Bonchev–Trinajstić information content (AvgIpc) is 3.45. The van der Waals surface area contributed by atoms with Gasteiger partial charge in [-0.3, -0.25) is 14.4 Å². The third kappa shape index (κ3) is 9.02. The van der Waals surface area contributed by atoms with Crippen molar-refractivity contribution in [2.75, 3.05) is 0 Å². The smallest absolute Gasteiger partial charge is 0.326 e. The minimum Gasteiger partial charge on any atom is -0.480 e. The quantitative estimate of drug-likeness (QED) is 0.121. The van der Waals surface area contributed by atoms with Gasteiger partial charge in [-0.2, -0.15) is 0 Å². The van der Waals surface area contributed by atoms with Gasteiger partial charge in [-0.25, -0.2) is 4.79 Å². The van der Waals surface area contributed by atoms with Gasteiger partial charge in [0, 0.05) is 29.9 Å². The number of hydrogen-bond acceptors (Lipinski definition) is 5. The van der Waals surface area contributed by atoms with Gasteiger partial charge in [0.2, 0.25) is 17.7 Å². The van der Waals surface area contributed by atoms with E-state index in [1.54, 1.807) is 30.5 Å². The Hall–Kier alpha value is -4.96. The molecule has 236 valence electrons. The van der Waals surface area contributed by atoms with E-state index in [0.717, 1.165) is 27.6 Å². The Morgan fingerprint density at radius 1 is 0.733 bits per heavy atom. The summed E-state index contributed by atoms with van der Waals surface area (Å²) in [6.45, 7) is 3.74. The molecule has 0 bridgehead atoms. The summed E-state index contributed by atoms with van der Waals surface area (Å²) in [6, 6.07) is 21.7. The Morgan fingerprint density at radius 3 is 1.93 bits per heavy atom. The van der Waals surface area contributed by atoms with Crippen LogP contribution in [0.5, 0.6) is 0 Å². The average molecular weight is 612 g/mol. The normalized spacial score (nSPS) is 14.5. The van der Waals surface area contributed by atoms with Crippen LogP contribution in [-0.4, -0.2) is 57.9 Å². The van der Waals surface area contributed by atoms with Gasteiger partial charge in [0.25, 0.3) is 0 Å². The summed E-state index contributed by atoms with van der Waals surface area (Å²) in [5.41, 5.74) is 9.48. The van der Waals surface area contributed by atoms with E-state index < -0.39 is 47.9 Å². The molecule has 0 saturated heterocycles. The van der Waals surface area contributed by atoms with E-state index in [1.807, 2.05) is 74.5 Å². The number of aromatic amines is 1. The van der Waals surface area contributed by atoms with Crippen molar-refractivity contribution in [2.45, 2.75) is 63.7 Å². The van der Waals surface area contributed by atoms with Crippen LogP contribution in [0.1, 0.15) is 37.0 Å². The summed E-state index contributed by atoms with van der Waals surface area (Å²) in [7, 11) is 0. The molecule has 0 aliphatic rings. The van der Waals surface area contributed by atoms with Crippen molar-refractivity contribution in [1.82, 2.24) is 20.9 Å². The molecule has 0 aliphatic heterocycles. The van der Waals surface area contributed by atoms with E-state index in [0.29, 0.717) is 12.8 Å². The highest BCUT2D eigenvalue weighted by Crippen LogP contribution is 2.20. The summed E-state index contributed by atoms with van der Waals surface area (Å²) in [5.74, 6) is -3.15. The number of aliphatic carboxylic acids is 1. The van der Waals surface area contributed by atoms with Gasteiger partial charge < -0.3 is 31.8 Å². The zero-order chi connectivity index (χ0) is 32.3. The number of carbonyl (C=O) groups is 4. The number of rotatable bonds is 15. The summed E-state index contributed by atoms with van der Waals surface area (Å²) < 4.78 is 0. The summed E-state index contributed by atoms with van der Waals surface area (Å²) in [6.07, 6.45) is 2.80. The number of amides is 3. The number of carboxylic acid groups (broad SMARTS) is 1. The van der Waals surface area contributed by atoms with Crippen LogP contribution in [0.3, 0.4) is 0 Å². The number of benzene rings is 3. The molecule has 0 saturated carbocycles. The first-order chi connectivity index (χ1) is 21.7. The molecule has 4 rings (SSSR count). The molecule has 0 aliphatic carbocycles. The van der Waals surface area contributed by atoms with Gasteiger partial charge in [-0.05, 0) is 35.1 Å². The first kappa shape index (κ1) is 32.9. The highest BCUT2D eigenvalue weighted by molar-refractivity contribution is 5.95. The number of nitrogens with one attached hydrogen (secondary N) is 4. The van der Waals surface area contributed by atoms with E-state index in [4.69, 9.17) is 5.73 Å². The molecular weight excluding hydrogens is 570 g/mol. The van der Waals surface area contributed by atoms with E-state index >= 15 is 0 Å². The molecule has 4 aromatic rings. The molecule has 0 fully saturated rings. The molecular formula is C35H41N5O5. The number of para-hydroxylation sites is 1. The molecule has 1 heterocycles. The lowest BCUT2D eigenvalue weighted by atomic mass is 9.96. The second-order valence-electron chi connectivity index (χ2n) is 11.4. The number of nitrogens with two attached hydrogens (primary N) is 1. The zero-order valence-corrected chi connectivity index (χ0v) is 25.5. The highest BCUT2D eigenvalue weighted by Gasteiger charge is 2.33. The zero-order valence-electron chi connectivity index (χ0n) is 25.5. The lowest BCUT2D eigenvalue weighted by Crippen LogP contribution is -2.59. The van der Waals surface area contributed by atoms with Crippen LogP contribution in [0.25, 0.3) is 10.9 Å². The molecule has 10 heteroatoms. The van der Waals surface area contributed by atoms with Gasteiger partial charge in [0.1, 0.15) is 18.1 Å². The maximum atomic E-state index is 13.8. The van der Waals surface area contributed by atoms with Crippen molar-refractivity contribution in [3.8, 4) is 0 Å². The number of carboxylic acids is 1. The third-order valence-electron chi connectivity index (χ3n) is 8.06. The summed E-state index contributed by atoms with van der Waals surface area (Å²) in [4.78, 5) is 56.0. The monoisotopic (exact) mass is 611 g/mol. The minimum absolute atomic E-state index is 0.0700. The fraction of sp³-hybridized carbons (Fsp3) is 0.314. The van der Waals surface area contributed by atoms with Gasteiger partial charge in [-0.15, -0.1) is 0 Å². The molecule has 0 spiro atoms. The molecule has 5 atom stereocenters. The van der Waals surface area contributed by atoms with Crippen LogP contribution in [0.15, 0.2) is 91.1 Å². The lowest BCUT2D eigenvalue weighted by molar-refractivity contribution is -0.142. The van der Waals surface area contributed by atoms with E-state index in [9.17, 15) is 24.3 Å². The van der Waals surface area contributed by atoms with Gasteiger partial charge in [-0.1, -0.05) is 99.1 Å². The number of H-pyrrole nitrogens is 1. The summed E-state index contributed by atoms with van der Waals surface area (Å²) >= 11 is 0. The molecule has 5 unspecified atom stereocenters. The van der Waals surface area contributed by atoms with Gasteiger partial charge in [0.05, 0.1) is 6.04 Å². The van der Waals surface area contributed by atoms with Gasteiger partial charge in [0.15, 0.2) is 0 Å². The maximum absolute atomic E-state index is 13.8. The Balaban J connectivity index is 1.55. The fourth-order valence-electron chi connectivity index (χ4n) is 5.24. The Kier molecular flexibility index (Phi) is 11.5. The standard InChI is InChI=1S/C35H41N5O5/c1-3-22(2)31(40-32(41)27(36)18-23-12-6-4-7-13-23)34(43)38-29(20-25-21-37-28-17-11-10-16-26(25)28)33(42)39-30(35(44)45)19-24-14-8-5-9-15-24/h4-17,21-22,27,29-31,37H,3,18-20,36H2,1-2H3,(H,38,43)(H,39,42)(H,40,41)(H,44,45). The van der Waals surface area contributed by atoms with Crippen LogP contribution in [0, 0.1) is 5.92 Å². The molecule has 3 aromatic carbocycles. The fourth-order valence-corrected chi connectivity index (χ4v) is 5.24. The predicted octanol–water partition coefficient (Wildman–Crippen LogP) is 3.11. The van der Waals surface area contributed by atoms with E-state index in [2.05, 4.69) is 20.9 Å². The van der Waals surface area contributed by atoms with Gasteiger partial charge >= 0.3 is 5.97 Å².